The SMILES string of the molecule is CCC(C)(C)c1ccc(Oc2ccc(CBr)cc2C)cc1. The molecule has 0 aliphatic carbocycles. The fourth-order valence-corrected chi connectivity index (χ4v) is 2.56. The minimum atomic E-state index is 0.214. The summed E-state index contributed by atoms with van der Waals surface area (Å²) in [6, 6.07) is 14.7. The molecule has 0 atom stereocenters. The average Bonchev–Trinajstić information content (AvgIpc) is 2.50. The Balaban J connectivity index is 2.17. The first-order chi connectivity index (χ1) is 9.96. The number of hydrogen-bond donors (Lipinski definition) is 0. The summed E-state index contributed by atoms with van der Waals surface area (Å²) in [4.78, 5) is 0. The zero-order valence-corrected chi connectivity index (χ0v) is 14.8. The highest BCUT2D eigenvalue weighted by molar-refractivity contribution is 9.08. The van der Waals surface area contributed by atoms with Crippen LogP contribution >= 0.6 is 15.9 Å². The molecule has 2 rings (SSSR count). The van der Waals surface area contributed by atoms with Crippen LogP contribution < -0.4 is 4.74 Å². The summed E-state index contributed by atoms with van der Waals surface area (Å²) in [5.41, 5.74) is 3.99. The van der Waals surface area contributed by atoms with Gasteiger partial charge in [0.25, 0.3) is 0 Å². The van der Waals surface area contributed by atoms with Crippen LogP contribution in [0.15, 0.2) is 42.5 Å². The first-order valence-corrected chi connectivity index (χ1v) is 8.52. The summed E-state index contributed by atoms with van der Waals surface area (Å²) >= 11 is 3.48. The van der Waals surface area contributed by atoms with Gasteiger partial charge >= 0.3 is 0 Å². The van der Waals surface area contributed by atoms with Gasteiger partial charge in [0.05, 0.1) is 0 Å². The third kappa shape index (κ3) is 3.88. The van der Waals surface area contributed by atoms with E-state index in [1.54, 1.807) is 0 Å². The van der Waals surface area contributed by atoms with Gasteiger partial charge in [-0.2, -0.15) is 0 Å². The highest BCUT2D eigenvalue weighted by Gasteiger charge is 2.17. The first kappa shape index (κ1) is 16.1. The number of hydrogen-bond acceptors (Lipinski definition) is 1. The lowest BCUT2D eigenvalue weighted by atomic mass is 9.82. The molecule has 112 valence electrons. The molecular formula is C19H23BrO. The van der Waals surface area contributed by atoms with Crippen LogP contribution in [0.1, 0.15) is 43.9 Å². The molecule has 0 spiro atoms. The summed E-state index contributed by atoms with van der Waals surface area (Å²) in [6.45, 7) is 8.84. The molecular weight excluding hydrogens is 324 g/mol. The van der Waals surface area contributed by atoms with Crippen molar-refractivity contribution in [2.24, 2.45) is 0 Å². The molecule has 0 heterocycles. The van der Waals surface area contributed by atoms with Gasteiger partial charge in [-0.25, -0.2) is 0 Å². The van der Waals surface area contributed by atoms with E-state index in [9.17, 15) is 0 Å². The summed E-state index contributed by atoms with van der Waals surface area (Å²) in [5, 5.41) is 0.870. The van der Waals surface area contributed by atoms with E-state index in [1.807, 2.05) is 6.07 Å². The minimum Gasteiger partial charge on any atom is -0.457 e. The number of alkyl halides is 1. The normalized spacial score (nSPS) is 11.5. The van der Waals surface area contributed by atoms with Gasteiger partial charge in [-0.3, -0.25) is 0 Å². The third-order valence-electron chi connectivity index (χ3n) is 4.14. The number of ether oxygens (including phenoxy) is 1. The molecule has 21 heavy (non-hydrogen) atoms. The molecule has 0 saturated carbocycles. The molecule has 0 fully saturated rings. The predicted octanol–water partition coefficient (Wildman–Crippen LogP) is 6.37. The van der Waals surface area contributed by atoms with Crippen molar-refractivity contribution in [1.82, 2.24) is 0 Å². The van der Waals surface area contributed by atoms with Crippen LogP contribution in [0.2, 0.25) is 0 Å². The van der Waals surface area contributed by atoms with Crippen molar-refractivity contribution in [3.63, 3.8) is 0 Å². The van der Waals surface area contributed by atoms with Crippen molar-refractivity contribution in [1.29, 1.82) is 0 Å². The van der Waals surface area contributed by atoms with Crippen LogP contribution in [0.3, 0.4) is 0 Å². The third-order valence-corrected chi connectivity index (χ3v) is 4.79. The lowest BCUT2D eigenvalue weighted by molar-refractivity contribution is 0.475. The van der Waals surface area contributed by atoms with Crippen LogP contribution in [0.25, 0.3) is 0 Å². The van der Waals surface area contributed by atoms with E-state index in [0.29, 0.717) is 0 Å². The van der Waals surface area contributed by atoms with Gasteiger partial charge < -0.3 is 4.74 Å². The molecule has 0 aromatic heterocycles. The van der Waals surface area contributed by atoms with Crippen LogP contribution in [0, 0.1) is 6.92 Å². The molecule has 1 nitrogen and oxygen atoms in total. The Kier molecular flexibility index (Phi) is 5.10. The second-order valence-corrected chi connectivity index (χ2v) is 6.66. The Morgan fingerprint density at radius 2 is 1.71 bits per heavy atom. The Morgan fingerprint density at radius 1 is 1.05 bits per heavy atom. The van der Waals surface area contributed by atoms with E-state index >= 15 is 0 Å². The predicted molar refractivity (Wildman–Crippen MR) is 93.6 cm³/mol. The maximum Gasteiger partial charge on any atom is 0.130 e. The zero-order chi connectivity index (χ0) is 15.5. The lowest BCUT2D eigenvalue weighted by Crippen LogP contribution is -2.14. The van der Waals surface area contributed by atoms with Crippen LogP contribution in [0.5, 0.6) is 11.5 Å². The van der Waals surface area contributed by atoms with Gasteiger partial charge in [-0.05, 0) is 53.6 Å². The maximum absolute atomic E-state index is 5.99. The molecule has 0 aliphatic rings. The summed E-state index contributed by atoms with van der Waals surface area (Å²) in [5.74, 6) is 1.81. The second kappa shape index (κ2) is 6.65. The van der Waals surface area contributed by atoms with Crippen molar-refractivity contribution in [2.75, 3.05) is 0 Å². The molecule has 0 N–H and O–H groups in total. The standard InChI is InChI=1S/C19H23BrO/c1-5-19(3,4)16-7-9-17(10-8-16)21-18-11-6-15(13-20)12-14(18)2/h6-12H,5,13H2,1-4H3. The number of rotatable bonds is 5. The van der Waals surface area contributed by atoms with Crippen molar-refractivity contribution >= 4 is 15.9 Å². The topological polar surface area (TPSA) is 9.23 Å². The minimum absolute atomic E-state index is 0.214. The largest absolute Gasteiger partial charge is 0.457 e. The Hall–Kier alpha value is -1.28. The van der Waals surface area contributed by atoms with Crippen molar-refractivity contribution in [3.8, 4) is 11.5 Å². The van der Waals surface area contributed by atoms with E-state index in [1.165, 1.54) is 11.1 Å². The van der Waals surface area contributed by atoms with Gasteiger partial charge in [-0.1, -0.05) is 61.0 Å². The number of halogens is 1. The van der Waals surface area contributed by atoms with Crippen LogP contribution in [-0.2, 0) is 10.7 Å². The summed E-state index contributed by atoms with van der Waals surface area (Å²) in [6.07, 6.45) is 1.13. The first-order valence-electron chi connectivity index (χ1n) is 7.40. The van der Waals surface area contributed by atoms with Gasteiger partial charge in [0.15, 0.2) is 0 Å². The second-order valence-electron chi connectivity index (χ2n) is 6.10. The molecule has 2 aromatic carbocycles. The quantitative estimate of drug-likeness (QED) is 0.571. The van der Waals surface area contributed by atoms with E-state index in [2.05, 4.69) is 80.0 Å². The maximum atomic E-state index is 5.99. The highest BCUT2D eigenvalue weighted by Crippen LogP contribution is 2.30. The molecule has 0 saturated heterocycles. The Labute approximate surface area is 136 Å². The van der Waals surface area contributed by atoms with E-state index in [4.69, 9.17) is 4.74 Å². The van der Waals surface area contributed by atoms with Gasteiger partial charge in [0.2, 0.25) is 0 Å². The van der Waals surface area contributed by atoms with Crippen molar-refractivity contribution in [2.45, 2.75) is 44.9 Å². The van der Waals surface area contributed by atoms with Crippen LogP contribution in [0.4, 0.5) is 0 Å². The molecule has 0 unspecified atom stereocenters. The van der Waals surface area contributed by atoms with E-state index < -0.39 is 0 Å². The zero-order valence-electron chi connectivity index (χ0n) is 13.2. The van der Waals surface area contributed by atoms with Crippen molar-refractivity contribution < 1.29 is 4.74 Å². The summed E-state index contributed by atoms with van der Waals surface area (Å²) in [7, 11) is 0. The lowest BCUT2D eigenvalue weighted by Gasteiger charge is -2.23. The van der Waals surface area contributed by atoms with E-state index in [-0.39, 0.29) is 5.41 Å². The number of aryl methyl sites for hydroxylation is 1. The Morgan fingerprint density at radius 3 is 2.24 bits per heavy atom. The summed E-state index contributed by atoms with van der Waals surface area (Å²) < 4.78 is 5.99. The molecule has 0 aliphatic heterocycles. The van der Waals surface area contributed by atoms with E-state index in [0.717, 1.165) is 28.8 Å². The smallest absolute Gasteiger partial charge is 0.130 e. The van der Waals surface area contributed by atoms with Crippen LogP contribution in [-0.4, -0.2) is 0 Å². The Bertz CT molecular complexity index is 599. The highest BCUT2D eigenvalue weighted by atomic mass is 79.9. The molecule has 0 bridgehead atoms. The fourth-order valence-electron chi connectivity index (χ4n) is 2.21. The molecule has 2 heteroatoms. The van der Waals surface area contributed by atoms with Crippen molar-refractivity contribution in [3.05, 3.63) is 59.2 Å². The average molecular weight is 347 g/mol. The van der Waals surface area contributed by atoms with Gasteiger partial charge in [0, 0.05) is 5.33 Å². The monoisotopic (exact) mass is 346 g/mol. The van der Waals surface area contributed by atoms with Gasteiger partial charge in [-0.15, -0.1) is 0 Å². The molecule has 2 aromatic rings. The molecule has 0 radical (unpaired) electrons. The molecule has 0 amide bonds. The van der Waals surface area contributed by atoms with Gasteiger partial charge in [0.1, 0.15) is 11.5 Å². The fraction of sp³-hybridized carbons (Fsp3) is 0.368. The number of benzene rings is 2.